The van der Waals surface area contributed by atoms with Crippen molar-refractivity contribution in [3.05, 3.63) is 119 Å². The topological polar surface area (TPSA) is 38.9 Å². The molecule has 3 aromatic carbocycles. The molecule has 0 aliphatic heterocycles. The Kier molecular flexibility index (Phi) is 5.63. The van der Waals surface area contributed by atoms with Crippen molar-refractivity contribution in [3.8, 4) is 22.5 Å². The van der Waals surface area contributed by atoms with Crippen LogP contribution in [-0.2, 0) is 20.1 Å². The van der Waals surface area contributed by atoms with Crippen molar-refractivity contribution in [3.63, 3.8) is 0 Å². The monoisotopic (exact) mass is 695 g/mol. The molecule has 189 valence electrons. The van der Waals surface area contributed by atoms with Crippen molar-refractivity contribution >= 4 is 43.4 Å². The molecule has 0 spiro atoms. The van der Waals surface area contributed by atoms with Crippen LogP contribution >= 0.6 is 11.3 Å². The molecule has 0 aliphatic rings. The van der Waals surface area contributed by atoms with Gasteiger partial charge in [0.15, 0.2) is 0 Å². The van der Waals surface area contributed by atoms with Crippen LogP contribution in [0.3, 0.4) is 0 Å². The molecule has 0 bridgehead atoms. The first-order chi connectivity index (χ1) is 20.5. The Bertz CT molecular complexity index is 2070. The Hall–Kier alpha value is -3.63. The minimum Gasteiger partial charge on any atom is -0.499 e. The summed E-state index contributed by atoms with van der Waals surface area (Å²) in [7, 11) is 0. The molecule has 4 aromatic heterocycles. The van der Waals surface area contributed by atoms with Crippen LogP contribution in [0, 0.1) is 32.8 Å². The van der Waals surface area contributed by atoms with Crippen LogP contribution in [0.4, 0.5) is 0 Å². The number of pyridine rings is 2. The molecule has 5 heteroatoms. The summed E-state index contributed by atoms with van der Waals surface area (Å²) < 4.78 is 53.6. The maximum Gasteiger partial charge on any atom is 0.138 e. The molecule has 7 aromatic rings. The number of fused-ring (bicyclic) bond motifs is 5. The van der Waals surface area contributed by atoms with E-state index in [0.717, 1.165) is 43.9 Å². The van der Waals surface area contributed by atoms with E-state index >= 15 is 0 Å². The Morgan fingerprint density at radius 1 is 0.816 bits per heavy atom. The third-order valence-electron chi connectivity index (χ3n) is 6.08. The smallest absolute Gasteiger partial charge is 0.138 e. The summed E-state index contributed by atoms with van der Waals surface area (Å²) >= 11 is 1.59. The van der Waals surface area contributed by atoms with Gasteiger partial charge in [0, 0.05) is 46.1 Å². The molecule has 3 nitrogen and oxygen atoms in total. The van der Waals surface area contributed by atoms with Gasteiger partial charge < -0.3 is 14.4 Å². The Morgan fingerprint density at radius 2 is 1.68 bits per heavy atom. The molecule has 0 amide bonds. The molecule has 0 aliphatic carbocycles. The van der Waals surface area contributed by atoms with Gasteiger partial charge in [-0.15, -0.1) is 65.4 Å². The third-order valence-corrected chi connectivity index (χ3v) is 7.01. The van der Waals surface area contributed by atoms with Crippen molar-refractivity contribution in [2.75, 3.05) is 0 Å². The summed E-state index contributed by atoms with van der Waals surface area (Å²) in [5.41, 5.74) is 4.79. The molecular formula is C33H24IrN2OS-2. The van der Waals surface area contributed by atoms with Crippen molar-refractivity contribution < 1.29 is 32.7 Å². The number of furan rings is 1. The van der Waals surface area contributed by atoms with Crippen LogP contribution in [0.1, 0.15) is 24.9 Å². The predicted molar refractivity (Wildman–Crippen MR) is 154 cm³/mol. The summed E-state index contributed by atoms with van der Waals surface area (Å²) in [4.78, 5) is 8.58. The molecule has 7 rings (SSSR count). The summed E-state index contributed by atoms with van der Waals surface area (Å²) in [5.74, 6) is 0. The van der Waals surface area contributed by atoms with Gasteiger partial charge in [0.05, 0.1) is 10.3 Å². The fourth-order valence-corrected chi connectivity index (χ4v) is 5.07. The van der Waals surface area contributed by atoms with Crippen LogP contribution in [-0.4, -0.2) is 9.97 Å². The Labute approximate surface area is 248 Å². The van der Waals surface area contributed by atoms with E-state index in [-0.39, 0.29) is 31.2 Å². The van der Waals surface area contributed by atoms with Gasteiger partial charge in [-0.05, 0) is 60.0 Å². The second kappa shape index (κ2) is 11.0. The molecule has 0 N–H and O–H groups in total. The molecule has 0 fully saturated rings. The zero-order valence-electron chi connectivity index (χ0n) is 26.2. The predicted octanol–water partition coefficient (Wildman–Crippen LogP) is 9.13. The summed E-state index contributed by atoms with van der Waals surface area (Å²) in [6, 6.07) is 29.2. The zero-order chi connectivity index (χ0) is 30.4. The summed E-state index contributed by atoms with van der Waals surface area (Å²) in [6.45, 7) is -3.13. The van der Waals surface area contributed by atoms with Crippen molar-refractivity contribution in [2.24, 2.45) is 0 Å². The SMILES string of the molecule is Cc1ccc(-c2[c-]cccc2)nc1.[2H]C([2H])([2H])c1cnc(-c2[c-]ccc3c2oc2c3ccc3ccsc32)cc1C([2H])([2H])[2H].[Ir]. The van der Waals surface area contributed by atoms with E-state index in [1.54, 1.807) is 17.4 Å². The maximum absolute atomic E-state index is 7.80. The van der Waals surface area contributed by atoms with Crippen LogP contribution in [0.5, 0.6) is 0 Å². The fourth-order valence-electron chi connectivity index (χ4n) is 4.19. The second-order valence-corrected chi connectivity index (χ2v) is 9.51. The standard InChI is InChI=1S/C21H14NOS.C12H10N.Ir/c1-12-10-18(22-11-13(12)2)17-5-3-4-15-16-7-6-14-8-9-24-21(14)20(16)23-19(15)17;1-10-7-8-12(13-9-10)11-5-3-2-4-6-11;/h3-4,6-11H,1-2H3;2-5,7-9H,1H3;/q2*-1;/i1D3,2D3;;. The number of benzene rings is 3. The Balaban J connectivity index is 0.000000230. The van der Waals surface area contributed by atoms with E-state index in [1.807, 2.05) is 73.1 Å². The van der Waals surface area contributed by atoms with Gasteiger partial charge in [-0.25, -0.2) is 0 Å². The van der Waals surface area contributed by atoms with Crippen LogP contribution < -0.4 is 0 Å². The van der Waals surface area contributed by atoms with Crippen molar-refractivity contribution in [2.45, 2.75) is 20.6 Å². The maximum atomic E-state index is 7.80. The van der Waals surface area contributed by atoms with Crippen LogP contribution in [0.2, 0.25) is 0 Å². The minimum atomic E-state index is -2.59. The average molecular weight is 695 g/mol. The number of thiophene rings is 1. The van der Waals surface area contributed by atoms with Gasteiger partial charge in [0.1, 0.15) is 5.58 Å². The van der Waals surface area contributed by atoms with Crippen LogP contribution in [0.15, 0.2) is 95.0 Å². The first-order valence-corrected chi connectivity index (χ1v) is 12.5. The normalized spacial score (nSPS) is 13.8. The summed E-state index contributed by atoms with van der Waals surface area (Å²) in [6.07, 6.45) is 2.99. The minimum absolute atomic E-state index is 0. The van der Waals surface area contributed by atoms with E-state index in [2.05, 4.69) is 28.2 Å². The fraction of sp³-hybridized carbons (Fsp3) is 0.0909. The first-order valence-electron chi connectivity index (χ1n) is 14.6. The molecule has 38 heavy (non-hydrogen) atoms. The number of hydrogen-bond donors (Lipinski definition) is 0. The number of aryl methyl sites for hydroxylation is 3. The van der Waals surface area contributed by atoms with Gasteiger partial charge in [-0.3, -0.25) is 0 Å². The largest absolute Gasteiger partial charge is 0.499 e. The van der Waals surface area contributed by atoms with E-state index in [9.17, 15) is 0 Å². The second-order valence-electron chi connectivity index (χ2n) is 8.59. The van der Waals surface area contributed by atoms with Crippen LogP contribution in [0.25, 0.3) is 54.5 Å². The molecule has 0 atom stereocenters. The molecule has 4 heterocycles. The molecule has 0 saturated heterocycles. The van der Waals surface area contributed by atoms with E-state index < -0.39 is 13.7 Å². The first kappa shape index (κ1) is 19.4. The zero-order valence-corrected chi connectivity index (χ0v) is 23.4. The van der Waals surface area contributed by atoms with E-state index in [1.165, 1.54) is 11.6 Å². The Morgan fingerprint density at radius 3 is 2.47 bits per heavy atom. The third kappa shape index (κ3) is 4.93. The molecule has 1 radical (unpaired) electrons. The van der Waals surface area contributed by atoms with E-state index in [0.29, 0.717) is 16.8 Å². The van der Waals surface area contributed by atoms with Crippen molar-refractivity contribution in [1.82, 2.24) is 9.97 Å². The van der Waals surface area contributed by atoms with Gasteiger partial charge in [-0.1, -0.05) is 46.8 Å². The summed E-state index contributed by atoms with van der Waals surface area (Å²) in [5, 5.41) is 4.90. The van der Waals surface area contributed by atoms with Gasteiger partial charge in [0.2, 0.25) is 0 Å². The number of aromatic nitrogens is 2. The molecule has 0 unspecified atom stereocenters. The number of hydrogen-bond acceptors (Lipinski definition) is 4. The number of nitrogens with zero attached hydrogens (tertiary/aromatic N) is 2. The van der Waals surface area contributed by atoms with Gasteiger partial charge >= 0.3 is 0 Å². The van der Waals surface area contributed by atoms with Gasteiger partial charge in [0.25, 0.3) is 0 Å². The number of rotatable bonds is 2. The molecular weight excluding hydrogens is 665 g/mol. The van der Waals surface area contributed by atoms with Crippen molar-refractivity contribution in [1.29, 1.82) is 0 Å². The van der Waals surface area contributed by atoms with E-state index in [4.69, 9.17) is 12.6 Å². The molecule has 0 saturated carbocycles. The average Bonchev–Trinajstić information content (AvgIpc) is 3.62. The quantitative estimate of drug-likeness (QED) is 0.170. The van der Waals surface area contributed by atoms with Gasteiger partial charge in [-0.2, -0.15) is 0 Å².